The summed E-state index contributed by atoms with van der Waals surface area (Å²) in [4.78, 5) is 13.1. The van der Waals surface area contributed by atoms with Gasteiger partial charge in [-0.2, -0.15) is 4.98 Å². The van der Waals surface area contributed by atoms with Crippen LogP contribution in [0.5, 0.6) is 0 Å². The summed E-state index contributed by atoms with van der Waals surface area (Å²) in [6.07, 6.45) is 4.03. The minimum atomic E-state index is -0.279. The van der Waals surface area contributed by atoms with E-state index in [2.05, 4.69) is 25.6 Å². The molecule has 6 nitrogen and oxygen atoms in total. The van der Waals surface area contributed by atoms with Gasteiger partial charge < -0.3 is 15.7 Å². The number of aliphatic hydroxyl groups is 1. The molecule has 0 bridgehead atoms. The number of nitrogens with one attached hydrogen (secondary N) is 2. The first-order valence-corrected chi connectivity index (χ1v) is 8.33. The van der Waals surface area contributed by atoms with E-state index in [4.69, 9.17) is 5.11 Å². The summed E-state index contributed by atoms with van der Waals surface area (Å²) in [6, 6.07) is 10.1. The maximum atomic E-state index is 13.3. The van der Waals surface area contributed by atoms with Crippen LogP contribution in [0.2, 0.25) is 0 Å². The Morgan fingerprint density at radius 2 is 2.04 bits per heavy atom. The summed E-state index contributed by atoms with van der Waals surface area (Å²) in [7, 11) is 0. The van der Waals surface area contributed by atoms with Crippen molar-refractivity contribution in [1.29, 1.82) is 0 Å². The number of aryl methyl sites for hydroxylation is 1. The Kier molecular flexibility index (Phi) is 5.70. The molecule has 2 aromatic heterocycles. The molecule has 0 saturated heterocycles. The molecule has 0 aliphatic heterocycles. The first-order chi connectivity index (χ1) is 12.7. The zero-order valence-electron chi connectivity index (χ0n) is 14.4. The van der Waals surface area contributed by atoms with Gasteiger partial charge in [-0.05, 0) is 49.2 Å². The maximum Gasteiger partial charge on any atom is 0.225 e. The van der Waals surface area contributed by atoms with Gasteiger partial charge in [0.15, 0.2) is 0 Å². The first-order valence-electron chi connectivity index (χ1n) is 8.33. The van der Waals surface area contributed by atoms with Crippen molar-refractivity contribution in [1.82, 2.24) is 15.0 Å². The largest absolute Gasteiger partial charge is 0.396 e. The van der Waals surface area contributed by atoms with Crippen molar-refractivity contribution in [3.8, 4) is 11.3 Å². The van der Waals surface area contributed by atoms with Crippen LogP contribution in [0, 0.1) is 12.7 Å². The Hall–Kier alpha value is -3.06. The van der Waals surface area contributed by atoms with Gasteiger partial charge >= 0.3 is 0 Å². The molecule has 0 saturated carbocycles. The van der Waals surface area contributed by atoms with Crippen LogP contribution in [-0.4, -0.2) is 33.2 Å². The molecule has 3 rings (SSSR count). The van der Waals surface area contributed by atoms with Crippen LogP contribution >= 0.6 is 0 Å². The normalized spacial score (nSPS) is 10.6. The summed E-state index contributed by atoms with van der Waals surface area (Å²) >= 11 is 0. The molecule has 134 valence electrons. The minimum Gasteiger partial charge on any atom is -0.396 e. The van der Waals surface area contributed by atoms with Crippen LogP contribution in [0.3, 0.4) is 0 Å². The summed E-state index contributed by atoms with van der Waals surface area (Å²) in [5, 5.41) is 15.3. The number of aromatic nitrogens is 3. The van der Waals surface area contributed by atoms with Gasteiger partial charge in [0.05, 0.1) is 5.69 Å². The molecular formula is C19H20FN5O. The van der Waals surface area contributed by atoms with Gasteiger partial charge in [0.25, 0.3) is 0 Å². The van der Waals surface area contributed by atoms with Crippen molar-refractivity contribution in [3.63, 3.8) is 0 Å². The van der Waals surface area contributed by atoms with Crippen molar-refractivity contribution in [2.24, 2.45) is 0 Å². The fraction of sp³-hybridized carbons (Fsp3) is 0.211. The van der Waals surface area contributed by atoms with Gasteiger partial charge in [-0.25, -0.2) is 9.37 Å². The average molecular weight is 353 g/mol. The number of hydrogen-bond acceptors (Lipinski definition) is 6. The third-order valence-corrected chi connectivity index (χ3v) is 3.75. The molecule has 0 radical (unpaired) electrons. The van der Waals surface area contributed by atoms with Crippen molar-refractivity contribution >= 4 is 17.5 Å². The lowest BCUT2D eigenvalue weighted by molar-refractivity contribution is 0.292. The number of hydrogen-bond donors (Lipinski definition) is 3. The summed E-state index contributed by atoms with van der Waals surface area (Å²) < 4.78 is 13.3. The second kappa shape index (κ2) is 8.35. The molecule has 26 heavy (non-hydrogen) atoms. The summed E-state index contributed by atoms with van der Waals surface area (Å²) in [5.41, 5.74) is 3.12. The van der Waals surface area contributed by atoms with E-state index in [1.54, 1.807) is 18.5 Å². The van der Waals surface area contributed by atoms with Crippen LogP contribution in [-0.2, 0) is 0 Å². The Labute approximate surface area is 151 Å². The highest BCUT2D eigenvalue weighted by Crippen LogP contribution is 2.25. The molecule has 0 spiro atoms. The van der Waals surface area contributed by atoms with Crippen molar-refractivity contribution in [2.45, 2.75) is 13.3 Å². The number of pyridine rings is 1. The van der Waals surface area contributed by atoms with E-state index >= 15 is 0 Å². The number of nitrogens with zero attached hydrogens (tertiary/aromatic N) is 3. The summed E-state index contributed by atoms with van der Waals surface area (Å²) in [6.45, 7) is 2.48. The predicted octanol–water partition coefficient (Wildman–Crippen LogP) is 3.52. The third kappa shape index (κ3) is 4.52. The van der Waals surface area contributed by atoms with E-state index in [0.29, 0.717) is 30.4 Å². The number of aliphatic hydroxyl groups excluding tert-OH is 1. The fourth-order valence-corrected chi connectivity index (χ4v) is 2.44. The van der Waals surface area contributed by atoms with Gasteiger partial charge in [0.1, 0.15) is 11.6 Å². The van der Waals surface area contributed by atoms with Gasteiger partial charge in [-0.15, -0.1) is 0 Å². The highest BCUT2D eigenvalue weighted by molar-refractivity contribution is 5.68. The molecule has 0 aliphatic rings. The Morgan fingerprint density at radius 1 is 1.15 bits per heavy atom. The summed E-state index contributed by atoms with van der Waals surface area (Å²) in [5.74, 6) is 0.750. The standard InChI is InChI=1S/C19H20FN5O/c1-13-10-15(20)5-6-16(13)23-18-11-17(14-4-2-7-21-12-14)24-19(25-18)22-8-3-9-26/h2,4-7,10-12,26H,3,8-9H2,1H3,(H2,22,23,24,25). The van der Waals surface area contributed by atoms with E-state index in [-0.39, 0.29) is 12.4 Å². The van der Waals surface area contributed by atoms with E-state index in [1.165, 1.54) is 12.1 Å². The third-order valence-electron chi connectivity index (χ3n) is 3.75. The van der Waals surface area contributed by atoms with Crippen LogP contribution in [0.25, 0.3) is 11.3 Å². The topological polar surface area (TPSA) is 83.0 Å². The SMILES string of the molecule is Cc1cc(F)ccc1Nc1cc(-c2cccnc2)nc(NCCCO)n1. The van der Waals surface area contributed by atoms with E-state index < -0.39 is 0 Å². The minimum absolute atomic E-state index is 0.0924. The second-order valence-electron chi connectivity index (χ2n) is 5.79. The van der Waals surface area contributed by atoms with Gasteiger partial charge in [0.2, 0.25) is 5.95 Å². The zero-order valence-corrected chi connectivity index (χ0v) is 14.4. The Morgan fingerprint density at radius 3 is 2.77 bits per heavy atom. The lowest BCUT2D eigenvalue weighted by Crippen LogP contribution is -2.09. The molecule has 3 N–H and O–H groups in total. The van der Waals surface area contributed by atoms with Gasteiger partial charge in [-0.1, -0.05) is 0 Å². The van der Waals surface area contributed by atoms with Crippen molar-refractivity contribution < 1.29 is 9.50 Å². The molecule has 0 aliphatic carbocycles. The molecule has 7 heteroatoms. The lowest BCUT2D eigenvalue weighted by Gasteiger charge is -2.12. The maximum absolute atomic E-state index is 13.3. The van der Waals surface area contributed by atoms with Crippen LogP contribution < -0.4 is 10.6 Å². The smallest absolute Gasteiger partial charge is 0.225 e. The number of benzene rings is 1. The molecular weight excluding hydrogens is 333 g/mol. The monoisotopic (exact) mass is 353 g/mol. The van der Waals surface area contributed by atoms with Crippen molar-refractivity contribution in [3.05, 3.63) is 60.2 Å². The van der Waals surface area contributed by atoms with Gasteiger partial charge in [0, 0.05) is 42.9 Å². The van der Waals surface area contributed by atoms with Crippen LogP contribution in [0.1, 0.15) is 12.0 Å². The molecule has 0 fully saturated rings. The molecule has 0 amide bonds. The molecule has 2 heterocycles. The highest BCUT2D eigenvalue weighted by Gasteiger charge is 2.09. The molecule has 0 atom stereocenters. The Bertz CT molecular complexity index is 873. The van der Waals surface area contributed by atoms with E-state index in [9.17, 15) is 4.39 Å². The second-order valence-corrected chi connectivity index (χ2v) is 5.79. The van der Waals surface area contributed by atoms with Gasteiger partial charge in [-0.3, -0.25) is 4.98 Å². The number of rotatable bonds is 7. The zero-order chi connectivity index (χ0) is 18.4. The fourth-order valence-electron chi connectivity index (χ4n) is 2.44. The average Bonchev–Trinajstić information content (AvgIpc) is 2.65. The first kappa shape index (κ1) is 17.8. The number of anilines is 3. The molecule has 1 aromatic carbocycles. The van der Waals surface area contributed by atoms with Crippen LogP contribution in [0.15, 0.2) is 48.8 Å². The van der Waals surface area contributed by atoms with E-state index in [1.807, 2.05) is 25.1 Å². The van der Waals surface area contributed by atoms with Crippen LogP contribution in [0.4, 0.5) is 21.8 Å². The lowest BCUT2D eigenvalue weighted by atomic mass is 10.2. The number of halogens is 1. The molecule has 3 aromatic rings. The highest BCUT2D eigenvalue weighted by atomic mass is 19.1. The Balaban J connectivity index is 1.93. The quantitative estimate of drug-likeness (QED) is 0.564. The van der Waals surface area contributed by atoms with E-state index in [0.717, 1.165) is 16.8 Å². The molecule has 0 unspecified atom stereocenters. The predicted molar refractivity (Wildman–Crippen MR) is 99.9 cm³/mol. The van der Waals surface area contributed by atoms with Crippen molar-refractivity contribution in [2.75, 3.05) is 23.8 Å².